The van der Waals surface area contributed by atoms with Crippen LogP contribution in [0.5, 0.6) is 0 Å². The van der Waals surface area contributed by atoms with Crippen molar-refractivity contribution in [1.29, 1.82) is 0 Å². The molecule has 0 unspecified atom stereocenters. The van der Waals surface area contributed by atoms with Gasteiger partial charge in [0.1, 0.15) is 5.60 Å². The first-order chi connectivity index (χ1) is 8.61. The van der Waals surface area contributed by atoms with Crippen LogP contribution in [0, 0.1) is 0 Å². The van der Waals surface area contributed by atoms with Crippen molar-refractivity contribution in [3.05, 3.63) is 23.8 Å². The number of amides is 1. The number of carboxylic acid groups (broad SMARTS) is 1. The quantitative estimate of drug-likeness (QED) is 0.801. The average Bonchev–Trinajstić information content (AvgIpc) is 2.25. The Balaban J connectivity index is 3.09. The van der Waals surface area contributed by atoms with Gasteiger partial charge in [-0.25, -0.2) is 9.59 Å². The van der Waals surface area contributed by atoms with Crippen LogP contribution >= 0.6 is 0 Å². The van der Waals surface area contributed by atoms with E-state index in [2.05, 4.69) is 0 Å². The van der Waals surface area contributed by atoms with Gasteiger partial charge in [-0.3, -0.25) is 4.90 Å². The number of nitrogens with two attached hydrogens (primary N) is 1. The van der Waals surface area contributed by atoms with E-state index in [1.807, 2.05) is 0 Å². The molecular formula is C13H18N2O4. The molecule has 1 rings (SSSR count). The molecule has 0 fully saturated rings. The van der Waals surface area contributed by atoms with Gasteiger partial charge >= 0.3 is 12.1 Å². The van der Waals surface area contributed by atoms with E-state index in [-0.39, 0.29) is 11.3 Å². The van der Waals surface area contributed by atoms with E-state index in [1.54, 1.807) is 20.8 Å². The minimum absolute atomic E-state index is 0.0478. The minimum Gasteiger partial charge on any atom is -0.478 e. The summed E-state index contributed by atoms with van der Waals surface area (Å²) in [4.78, 5) is 24.2. The molecule has 104 valence electrons. The molecule has 0 bridgehead atoms. The number of carbonyl (C=O) groups excluding carboxylic acids is 1. The standard InChI is InChI=1S/C13H18N2O4/c1-13(2,3)19-12(18)15(4)10-6-5-8(14)7-9(10)11(16)17/h5-7H,14H2,1-4H3,(H,16,17). The third kappa shape index (κ3) is 3.87. The summed E-state index contributed by atoms with van der Waals surface area (Å²) in [6.45, 7) is 5.21. The van der Waals surface area contributed by atoms with E-state index in [0.29, 0.717) is 5.69 Å². The number of anilines is 2. The highest BCUT2D eigenvalue weighted by atomic mass is 16.6. The number of carboxylic acids is 1. The number of benzene rings is 1. The number of carbonyl (C=O) groups is 2. The molecule has 0 atom stereocenters. The molecule has 0 aliphatic carbocycles. The van der Waals surface area contributed by atoms with Crippen LogP contribution in [0.3, 0.4) is 0 Å². The van der Waals surface area contributed by atoms with Crippen molar-refractivity contribution in [2.24, 2.45) is 0 Å². The van der Waals surface area contributed by atoms with E-state index in [1.165, 1.54) is 25.2 Å². The SMILES string of the molecule is CN(C(=O)OC(C)(C)C)c1ccc(N)cc1C(=O)O. The monoisotopic (exact) mass is 266 g/mol. The molecule has 0 saturated heterocycles. The first-order valence-corrected chi connectivity index (χ1v) is 5.71. The molecule has 1 aromatic carbocycles. The fraction of sp³-hybridized carbons (Fsp3) is 0.385. The summed E-state index contributed by atoms with van der Waals surface area (Å²) in [5.74, 6) is -1.15. The predicted octanol–water partition coefficient (Wildman–Crippen LogP) is 2.34. The molecule has 19 heavy (non-hydrogen) atoms. The first-order valence-electron chi connectivity index (χ1n) is 5.71. The second-order valence-corrected chi connectivity index (χ2v) is 5.12. The Labute approximate surface area is 111 Å². The Morgan fingerprint density at radius 1 is 1.32 bits per heavy atom. The van der Waals surface area contributed by atoms with Crippen molar-refractivity contribution < 1.29 is 19.4 Å². The van der Waals surface area contributed by atoms with E-state index >= 15 is 0 Å². The maximum absolute atomic E-state index is 11.9. The summed E-state index contributed by atoms with van der Waals surface area (Å²) in [6, 6.07) is 4.31. The summed E-state index contributed by atoms with van der Waals surface area (Å²) >= 11 is 0. The average molecular weight is 266 g/mol. The second kappa shape index (κ2) is 5.17. The molecule has 0 saturated carbocycles. The topological polar surface area (TPSA) is 92.9 Å². The van der Waals surface area contributed by atoms with Crippen molar-refractivity contribution in [3.63, 3.8) is 0 Å². The molecule has 0 heterocycles. The van der Waals surface area contributed by atoms with Crippen molar-refractivity contribution in [1.82, 2.24) is 0 Å². The zero-order valence-corrected chi connectivity index (χ0v) is 11.4. The maximum atomic E-state index is 11.9. The number of rotatable bonds is 2. The molecule has 0 aliphatic rings. The summed E-state index contributed by atoms with van der Waals surface area (Å²) in [7, 11) is 1.45. The van der Waals surface area contributed by atoms with E-state index in [4.69, 9.17) is 15.6 Å². The largest absolute Gasteiger partial charge is 0.478 e. The Morgan fingerprint density at radius 2 is 1.89 bits per heavy atom. The highest BCUT2D eigenvalue weighted by Gasteiger charge is 2.23. The summed E-state index contributed by atoms with van der Waals surface area (Å²) < 4.78 is 5.18. The highest BCUT2D eigenvalue weighted by Crippen LogP contribution is 2.24. The van der Waals surface area contributed by atoms with Crippen LogP contribution in [0.4, 0.5) is 16.2 Å². The summed E-state index contributed by atoms with van der Waals surface area (Å²) in [5.41, 5.74) is 5.40. The number of nitrogen functional groups attached to an aromatic ring is 1. The van der Waals surface area contributed by atoms with Gasteiger partial charge in [0.2, 0.25) is 0 Å². The number of hydrogen-bond acceptors (Lipinski definition) is 4. The Kier molecular flexibility index (Phi) is 4.04. The minimum atomic E-state index is -1.15. The lowest BCUT2D eigenvalue weighted by Gasteiger charge is -2.25. The third-order valence-electron chi connectivity index (χ3n) is 2.28. The van der Waals surface area contributed by atoms with Gasteiger partial charge in [-0.1, -0.05) is 0 Å². The molecule has 0 spiro atoms. The van der Waals surface area contributed by atoms with Crippen LogP contribution in [-0.4, -0.2) is 29.8 Å². The van der Waals surface area contributed by atoms with Crippen LogP contribution in [-0.2, 0) is 4.74 Å². The molecule has 3 N–H and O–H groups in total. The Hall–Kier alpha value is -2.24. The van der Waals surface area contributed by atoms with Crippen molar-refractivity contribution in [2.45, 2.75) is 26.4 Å². The normalized spacial score (nSPS) is 10.9. The van der Waals surface area contributed by atoms with E-state index in [9.17, 15) is 9.59 Å². The van der Waals surface area contributed by atoms with Gasteiger partial charge in [0.25, 0.3) is 0 Å². The molecule has 1 amide bonds. The molecule has 0 aromatic heterocycles. The molecule has 1 aromatic rings. The van der Waals surface area contributed by atoms with Crippen molar-refractivity contribution in [2.75, 3.05) is 17.7 Å². The third-order valence-corrected chi connectivity index (χ3v) is 2.28. The van der Waals surface area contributed by atoms with Crippen molar-refractivity contribution in [3.8, 4) is 0 Å². The van der Waals surface area contributed by atoms with Gasteiger partial charge in [0.05, 0.1) is 11.3 Å². The molecule has 0 radical (unpaired) electrons. The van der Waals surface area contributed by atoms with Gasteiger partial charge < -0.3 is 15.6 Å². The zero-order chi connectivity index (χ0) is 14.8. The van der Waals surface area contributed by atoms with Gasteiger partial charge in [-0.05, 0) is 39.0 Å². The lowest BCUT2D eigenvalue weighted by atomic mass is 10.1. The molecule has 0 aliphatic heterocycles. The van der Waals surface area contributed by atoms with Gasteiger partial charge in [0, 0.05) is 12.7 Å². The molecule has 6 heteroatoms. The van der Waals surface area contributed by atoms with E-state index < -0.39 is 17.7 Å². The number of hydrogen-bond donors (Lipinski definition) is 2. The zero-order valence-electron chi connectivity index (χ0n) is 11.4. The maximum Gasteiger partial charge on any atom is 0.414 e. The van der Waals surface area contributed by atoms with Gasteiger partial charge in [0.15, 0.2) is 0 Å². The molecular weight excluding hydrogens is 248 g/mol. The van der Waals surface area contributed by atoms with Crippen LogP contribution in [0.1, 0.15) is 31.1 Å². The van der Waals surface area contributed by atoms with Crippen molar-refractivity contribution >= 4 is 23.4 Å². The van der Waals surface area contributed by atoms with Crippen LogP contribution in [0.15, 0.2) is 18.2 Å². The number of aromatic carboxylic acids is 1. The van der Waals surface area contributed by atoms with Crippen LogP contribution in [0.2, 0.25) is 0 Å². The number of ether oxygens (including phenoxy) is 1. The first kappa shape index (κ1) is 14.8. The Bertz CT molecular complexity index is 506. The summed E-state index contributed by atoms with van der Waals surface area (Å²) in [6.07, 6.45) is -0.625. The molecule has 6 nitrogen and oxygen atoms in total. The highest BCUT2D eigenvalue weighted by molar-refractivity contribution is 6.00. The lowest BCUT2D eigenvalue weighted by Crippen LogP contribution is -2.34. The van der Waals surface area contributed by atoms with Crippen LogP contribution < -0.4 is 10.6 Å². The van der Waals surface area contributed by atoms with E-state index in [0.717, 1.165) is 4.90 Å². The Morgan fingerprint density at radius 3 is 2.37 bits per heavy atom. The van der Waals surface area contributed by atoms with Gasteiger partial charge in [-0.2, -0.15) is 0 Å². The smallest absolute Gasteiger partial charge is 0.414 e. The predicted molar refractivity (Wildman–Crippen MR) is 72.5 cm³/mol. The van der Waals surface area contributed by atoms with Gasteiger partial charge in [-0.15, -0.1) is 0 Å². The lowest BCUT2D eigenvalue weighted by molar-refractivity contribution is 0.0589. The fourth-order valence-electron chi connectivity index (χ4n) is 1.45. The fourth-order valence-corrected chi connectivity index (χ4v) is 1.45. The second-order valence-electron chi connectivity index (χ2n) is 5.12. The summed E-state index contributed by atoms with van der Waals surface area (Å²) in [5, 5.41) is 9.12. The van der Waals surface area contributed by atoms with Crippen LogP contribution in [0.25, 0.3) is 0 Å². The number of nitrogens with zero attached hydrogens (tertiary/aromatic N) is 1.